The fourth-order valence-corrected chi connectivity index (χ4v) is 2.91. The van der Waals surface area contributed by atoms with Gasteiger partial charge in [-0.2, -0.15) is 4.98 Å². The van der Waals surface area contributed by atoms with Crippen molar-refractivity contribution in [2.75, 3.05) is 11.4 Å². The van der Waals surface area contributed by atoms with Crippen molar-refractivity contribution in [3.63, 3.8) is 0 Å². The van der Waals surface area contributed by atoms with Crippen molar-refractivity contribution in [3.8, 4) is 11.3 Å². The van der Waals surface area contributed by atoms with Crippen molar-refractivity contribution in [2.24, 2.45) is 0 Å². The number of hydrogen-bond acceptors (Lipinski definition) is 4. The van der Waals surface area contributed by atoms with E-state index in [-0.39, 0.29) is 17.1 Å². The maximum absolute atomic E-state index is 13.1. The van der Waals surface area contributed by atoms with Crippen LogP contribution in [0.25, 0.3) is 11.3 Å². The summed E-state index contributed by atoms with van der Waals surface area (Å²) in [4.78, 5) is 22.5. The summed E-state index contributed by atoms with van der Waals surface area (Å²) < 4.78 is 18.6. The first-order valence-corrected chi connectivity index (χ1v) is 7.69. The van der Waals surface area contributed by atoms with Gasteiger partial charge in [-0.25, -0.2) is 4.39 Å². The molecule has 4 rings (SSSR count). The maximum Gasteiger partial charge on any atom is 0.294 e. The summed E-state index contributed by atoms with van der Waals surface area (Å²) in [5.41, 5.74) is 1.88. The van der Waals surface area contributed by atoms with Crippen LogP contribution in [0.5, 0.6) is 0 Å². The smallest absolute Gasteiger partial charge is 0.294 e. The van der Waals surface area contributed by atoms with Crippen molar-refractivity contribution < 1.29 is 13.6 Å². The van der Waals surface area contributed by atoms with Gasteiger partial charge in [0.1, 0.15) is 11.5 Å². The SMILES string of the molecule is O=C1c2ncccc2CCN1c1nc(Cl)oc1-c1ccc(F)cc1. The van der Waals surface area contributed by atoms with Gasteiger partial charge in [-0.3, -0.25) is 14.7 Å². The van der Waals surface area contributed by atoms with Crippen LogP contribution in [0.2, 0.25) is 5.35 Å². The van der Waals surface area contributed by atoms with Crippen molar-refractivity contribution in [1.82, 2.24) is 9.97 Å². The number of pyridine rings is 1. The van der Waals surface area contributed by atoms with Crippen LogP contribution in [0, 0.1) is 5.82 Å². The fraction of sp³-hybridized carbons (Fsp3) is 0.118. The van der Waals surface area contributed by atoms with Crippen LogP contribution in [0.3, 0.4) is 0 Å². The van der Waals surface area contributed by atoms with E-state index < -0.39 is 0 Å². The second-order valence-corrected chi connectivity index (χ2v) is 5.67. The predicted octanol–water partition coefficient (Wildman–Crippen LogP) is 3.73. The number of nitrogens with zero attached hydrogens (tertiary/aromatic N) is 3. The first-order chi connectivity index (χ1) is 11.6. The molecule has 0 saturated carbocycles. The van der Waals surface area contributed by atoms with Crippen LogP contribution in [-0.2, 0) is 6.42 Å². The first kappa shape index (κ1) is 14.8. The van der Waals surface area contributed by atoms with E-state index in [0.717, 1.165) is 5.56 Å². The van der Waals surface area contributed by atoms with Gasteiger partial charge in [-0.1, -0.05) is 6.07 Å². The molecule has 5 nitrogen and oxygen atoms in total. The molecule has 0 N–H and O–H groups in total. The lowest BCUT2D eigenvalue weighted by molar-refractivity contribution is 0.0974. The number of anilines is 1. The third-order valence-corrected chi connectivity index (χ3v) is 4.05. The second-order valence-electron chi connectivity index (χ2n) is 5.34. The molecule has 7 heteroatoms. The molecule has 0 atom stereocenters. The van der Waals surface area contributed by atoms with Crippen molar-refractivity contribution >= 4 is 23.3 Å². The number of halogens is 2. The maximum atomic E-state index is 13.1. The summed E-state index contributed by atoms with van der Waals surface area (Å²) in [6.45, 7) is 0.439. The Bertz CT molecular complexity index is 924. The molecule has 0 bridgehead atoms. The minimum Gasteiger partial charge on any atom is -0.425 e. The van der Waals surface area contributed by atoms with E-state index in [2.05, 4.69) is 9.97 Å². The Morgan fingerprint density at radius 3 is 2.79 bits per heavy atom. The van der Waals surface area contributed by atoms with E-state index in [1.165, 1.54) is 17.0 Å². The van der Waals surface area contributed by atoms with E-state index in [0.29, 0.717) is 35.8 Å². The van der Waals surface area contributed by atoms with E-state index >= 15 is 0 Å². The Kier molecular flexibility index (Phi) is 3.54. The Hall–Kier alpha value is -2.73. The van der Waals surface area contributed by atoms with Crippen LogP contribution in [0.15, 0.2) is 47.0 Å². The molecule has 3 heterocycles. The number of fused-ring (bicyclic) bond motifs is 1. The minimum atomic E-state index is -0.363. The van der Waals surface area contributed by atoms with Gasteiger partial charge in [0.15, 0.2) is 11.6 Å². The number of benzene rings is 1. The summed E-state index contributed by atoms with van der Waals surface area (Å²) in [6.07, 6.45) is 2.24. The molecule has 1 aliphatic rings. The molecule has 0 unspecified atom stereocenters. The van der Waals surface area contributed by atoms with Gasteiger partial charge < -0.3 is 4.42 Å². The Morgan fingerprint density at radius 1 is 1.21 bits per heavy atom. The average Bonchev–Trinajstić information content (AvgIpc) is 2.98. The highest BCUT2D eigenvalue weighted by Crippen LogP contribution is 2.35. The predicted molar refractivity (Wildman–Crippen MR) is 86.5 cm³/mol. The lowest BCUT2D eigenvalue weighted by Gasteiger charge is -2.26. The molecule has 0 spiro atoms. The van der Waals surface area contributed by atoms with Gasteiger partial charge in [0.2, 0.25) is 0 Å². The van der Waals surface area contributed by atoms with Crippen LogP contribution < -0.4 is 4.90 Å². The zero-order valence-corrected chi connectivity index (χ0v) is 13.1. The lowest BCUT2D eigenvalue weighted by atomic mass is 10.0. The Balaban J connectivity index is 1.78. The van der Waals surface area contributed by atoms with Gasteiger partial charge >= 0.3 is 0 Å². The Morgan fingerprint density at radius 2 is 2.00 bits per heavy atom. The highest BCUT2D eigenvalue weighted by molar-refractivity contribution is 6.28. The minimum absolute atomic E-state index is 0.0797. The molecule has 120 valence electrons. The molecule has 0 saturated heterocycles. The van der Waals surface area contributed by atoms with E-state index in [9.17, 15) is 9.18 Å². The molecular weight excluding hydrogens is 333 g/mol. The number of oxazole rings is 1. The van der Waals surface area contributed by atoms with Gasteiger partial charge in [-0.15, -0.1) is 0 Å². The molecule has 0 aliphatic carbocycles. The standard InChI is InChI=1S/C17H11ClFN3O2/c18-17-21-15(14(24-17)11-3-5-12(19)6-4-11)22-9-7-10-2-1-8-20-13(10)16(22)23/h1-6,8H,7,9H2. The normalized spacial score (nSPS) is 13.9. The van der Waals surface area contributed by atoms with Crippen LogP contribution in [-0.4, -0.2) is 22.4 Å². The number of amides is 1. The van der Waals surface area contributed by atoms with Crippen molar-refractivity contribution in [2.45, 2.75) is 6.42 Å². The summed E-state index contributed by atoms with van der Waals surface area (Å²) in [7, 11) is 0. The highest BCUT2D eigenvalue weighted by Gasteiger charge is 2.31. The third kappa shape index (κ3) is 2.45. The molecule has 0 fully saturated rings. The van der Waals surface area contributed by atoms with Gasteiger partial charge in [0.25, 0.3) is 11.3 Å². The summed E-state index contributed by atoms with van der Waals surface area (Å²) in [5, 5.41) is -0.0797. The first-order valence-electron chi connectivity index (χ1n) is 7.31. The fourth-order valence-electron chi connectivity index (χ4n) is 2.76. The number of carbonyl (C=O) groups is 1. The lowest BCUT2D eigenvalue weighted by Crippen LogP contribution is -2.38. The summed E-state index contributed by atoms with van der Waals surface area (Å²) in [6, 6.07) is 9.41. The molecule has 24 heavy (non-hydrogen) atoms. The van der Waals surface area contributed by atoms with Gasteiger partial charge in [0.05, 0.1) is 0 Å². The van der Waals surface area contributed by atoms with E-state index in [4.69, 9.17) is 16.0 Å². The molecule has 2 aromatic heterocycles. The number of carbonyl (C=O) groups excluding carboxylic acids is 1. The summed E-state index contributed by atoms with van der Waals surface area (Å²) >= 11 is 5.91. The molecule has 0 radical (unpaired) electrons. The highest BCUT2D eigenvalue weighted by atomic mass is 35.5. The van der Waals surface area contributed by atoms with Gasteiger partial charge in [0, 0.05) is 18.3 Å². The average molecular weight is 344 g/mol. The zero-order valence-electron chi connectivity index (χ0n) is 12.4. The van der Waals surface area contributed by atoms with Crippen LogP contribution in [0.4, 0.5) is 10.2 Å². The molecule has 1 aliphatic heterocycles. The molecule has 1 amide bonds. The molecule has 1 aromatic carbocycles. The quantitative estimate of drug-likeness (QED) is 0.711. The number of rotatable bonds is 2. The monoisotopic (exact) mass is 343 g/mol. The zero-order chi connectivity index (χ0) is 16.7. The van der Waals surface area contributed by atoms with Crippen LogP contribution in [0.1, 0.15) is 16.1 Å². The Labute approximate surface area is 141 Å². The van der Waals surface area contributed by atoms with Gasteiger partial charge in [-0.05, 0) is 53.9 Å². The topological polar surface area (TPSA) is 59.2 Å². The van der Waals surface area contributed by atoms with Crippen LogP contribution >= 0.6 is 11.6 Å². The summed E-state index contributed by atoms with van der Waals surface area (Å²) in [5.74, 6) is 0.0175. The molecule has 3 aromatic rings. The number of hydrogen-bond donors (Lipinski definition) is 0. The van der Waals surface area contributed by atoms with Crippen molar-refractivity contribution in [1.29, 1.82) is 0 Å². The second kappa shape index (κ2) is 5.72. The number of aromatic nitrogens is 2. The van der Waals surface area contributed by atoms with E-state index in [1.54, 1.807) is 24.4 Å². The third-order valence-electron chi connectivity index (χ3n) is 3.89. The molecular formula is C17H11ClFN3O2. The largest absolute Gasteiger partial charge is 0.425 e. The van der Waals surface area contributed by atoms with Crippen molar-refractivity contribution in [3.05, 3.63) is 65.0 Å². The van der Waals surface area contributed by atoms with E-state index in [1.807, 2.05) is 6.07 Å².